The third kappa shape index (κ3) is 6.46. The minimum Gasteiger partial charge on any atom is -0.456 e. The molecule has 0 saturated carbocycles. The smallest absolute Gasteiger partial charge is 0.240 e. The zero-order valence-corrected chi connectivity index (χ0v) is 40.8. The van der Waals surface area contributed by atoms with Gasteiger partial charge in [-0.15, -0.1) is 0 Å². The maximum Gasteiger partial charge on any atom is 0.240 e. The number of nitrogens with zero attached hydrogens (tertiary/aromatic N) is 6. The molecule has 354 valence electrons. The van der Waals surface area contributed by atoms with Crippen LogP contribution in [0.5, 0.6) is 0 Å². The Balaban J connectivity index is 0.860. The SMILES string of the molecule is c1ccc(-c2ccc(-c3nc(-n4c5ccccc5c5ccccc54)nc(-n4c5ccccc5c5cc(-c6cccc7oc8ccc(-c9ccc%10c(c9)c9ccccc9n%10-c9ccccc9)cc8c67)ccc54)n3)cc2)cc1. The molecule has 7 nitrogen and oxygen atoms in total. The van der Waals surface area contributed by atoms with Gasteiger partial charge in [-0.1, -0.05) is 176 Å². The molecule has 0 spiro atoms. The first-order valence-corrected chi connectivity index (χ1v) is 25.7. The molecular weight excluding hydrogens is 929 g/mol. The molecule has 0 bridgehead atoms. The number of hydrogen-bond acceptors (Lipinski definition) is 4. The van der Waals surface area contributed by atoms with Crippen LogP contribution in [0.4, 0.5) is 0 Å². The molecule has 0 atom stereocenters. The van der Waals surface area contributed by atoms with E-state index in [9.17, 15) is 0 Å². The summed E-state index contributed by atoms with van der Waals surface area (Å²) in [4.78, 5) is 16.1. The molecule has 16 aromatic rings. The lowest BCUT2D eigenvalue weighted by molar-refractivity contribution is 0.669. The topological polar surface area (TPSA) is 66.6 Å². The van der Waals surface area contributed by atoms with Gasteiger partial charge in [0.05, 0.1) is 33.1 Å². The second kappa shape index (κ2) is 16.6. The first-order valence-electron chi connectivity index (χ1n) is 25.7. The van der Waals surface area contributed by atoms with Crippen molar-refractivity contribution in [2.24, 2.45) is 0 Å². The van der Waals surface area contributed by atoms with E-state index in [2.05, 4.69) is 262 Å². The Bertz CT molecular complexity index is 4930. The first-order chi connectivity index (χ1) is 37.7. The minimum atomic E-state index is 0.534. The van der Waals surface area contributed by atoms with E-state index in [1.807, 2.05) is 6.07 Å². The van der Waals surface area contributed by atoms with Crippen molar-refractivity contribution >= 4 is 87.4 Å². The number of furan rings is 1. The summed E-state index contributed by atoms with van der Waals surface area (Å²) in [7, 11) is 0. The largest absolute Gasteiger partial charge is 0.456 e. The van der Waals surface area contributed by atoms with Crippen LogP contribution in [0.2, 0.25) is 0 Å². The van der Waals surface area contributed by atoms with Crippen molar-refractivity contribution in [3.8, 4) is 62.4 Å². The van der Waals surface area contributed by atoms with Gasteiger partial charge in [-0.3, -0.25) is 9.13 Å². The summed E-state index contributed by atoms with van der Waals surface area (Å²) in [6, 6.07) is 90.4. The van der Waals surface area contributed by atoms with Gasteiger partial charge < -0.3 is 8.98 Å². The Hall–Kier alpha value is -10.4. The quantitative estimate of drug-likeness (QED) is 0.160. The zero-order valence-electron chi connectivity index (χ0n) is 40.8. The van der Waals surface area contributed by atoms with Crippen molar-refractivity contribution in [3.05, 3.63) is 255 Å². The molecule has 0 N–H and O–H groups in total. The van der Waals surface area contributed by atoms with Gasteiger partial charge in [-0.2, -0.15) is 15.0 Å². The predicted octanol–water partition coefficient (Wildman–Crippen LogP) is 17.7. The Morgan fingerprint density at radius 1 is 0.263 bits per heavy atom. The van der Waals surface area contributed by atoms with Crippen LogP contribution in [0.25, 0.3) is 150 Å². The van der Waals surface area contributed by atoms with Crippen LogP contribution in [0.1, 0.15) is 0 Å². The third-order valence-electron chi connectivity index (χ3n) is 15.3. The van der Waals surface area contributed by atoms with Gasteiger partial charge in [-0.25, -0.2) is 0 Å². The number of hydrogen-bond donors (Lipinski definition) is 0. The molecule has 0 amide bonds. The van der Waals surface area contributed by atoms with E-state index in [0.717, 1.165) is 110 Å². The molecule has 0 radical (unpaired) electrons. The van der Waals surface area contributed by atoms with E-state index in [4.69, 9.17) is 19.4 Å². The summed E-state index contributed by atoms with van der Waals surface area (Å²) in [5.74, 6) is 1.66. The lowest BCUT2D eigenvalue weighted by Crippen LogP contribution is -2.10. The van der Waals surface area contributed by atoms with Crippen molar-refractivity contribution in [1.29, 1.82) is 0 Å². The minimum absolute atomic E-state index is 0.534. The summed E-state index contributed by atoms with van der Waals surface area (Å²) in [5, 5.41) is 9.07. The highest BCUT2D eigenvalue weighted by molar-refractivity contribution is 6.16. The lowest BCUT2D eigenvalue weighted by Gasteiger charge is -2.13. The molecule has 7 heteroatoms. The van der Waals surface area contributed by atoms with Gasteiger partial charge in [0, 0.05) is 54.3 Å². The van der Waals surface area contributed by atoms with E-state index in [1.54, 1.807) is 0 Å². The molecule has 0 aliphatic heterocycles. The Kier molecular flexibility index (Phi) is 9.20. The Morgan fingerprint density at radius 2 is 0.697 bits per heavy atom. The van der Waals surface area contributed by atoms with Crippen LogP contribution in [0, 0.1) is 0 Å². The molecule has 0 aliphatic rings. The van der Waals surface area contributed by atoms with Crippen LogP contribution in [0.3, 0.4) is 0 Å². The molecular formula is C69H42N6O. The molecule has 16 rings (SSSR count). The van der Waals surface area contributed by atoms with E-state index >= 15 is 0 Å². The number of rotatable bonds is 7. The summed E-state index contributed by atoms with van der Waals surface area (Å²) in [6.07, 6.45) is 0. The maximum absolute atomic E-state index is 6.65. The van der Waals surface area contributed by atoms with Gasteiger partial charge in [0.25, 0.3) is 0 Å². The average Bonchev–Trinajstić information content (AvgIpc) is 4.27. The van der Waals surface area contributed by atoms with Gasteiger partial charge in [-0.05, 0) is 112 Å². The van der Waals surface area contributed by atoms with Crippen LogP contribution in [0.15, 0.2) is 259 Å². The zero-order chi connectivity index (χ0) is 49.8. The van der Waals surface area contributed by atoms with Crippen molar-refractivity contribution in [1.82, 2.24) is 28.7 Å². The van der Waals surface area contributed by atoms with Gasteiger partial charge in [0.15, 0.2) is 5.82 Å². The second-order valence-corrected chi connectivity index (χ2v) is 19.6. The molecule has 0 fully saturated rings. The van der Waals surface area contributed by atoms with E-state index < -0.39 is 0 Å². The van der Waals surface area contributed by atoms with Crippen molar-refractivity contribution in [3.63, 3.8) is 0 Å². The summed E-state index contributed by atoms with van der Waals surface area (Å²) in [6.45, 7) is 0. The second-order valence-electron chi connectivity index (χ2n) is 19.6. The van der Waals surface area contributed by atoms with Crippen molar-refractivity contribution in [2.45, 2.75) is 0 Å². The van der Waals surface area contributed by atoms with E-state index in [-0.39, 0.29) is 0 Å². The van der Waals surface area contributed by atoms with Gasteiger partial charge in [0.2, 0.25) is 11.9 Å². The lowest BCUT2D eigenvalue weighted by atomic mass is 9.96. The normalized spacial score (nSPS) is 11.9. The van der Waals surface area contributed by atoms with Crippen LogP contribution in [-0.2, 0) is 0 Å². The monoisotopic (exact) mass is 970 g/mol. The van der Waals surface area contributed by atoms with Crippen molar-refractivity contribution in [2.75, 3.05) is 0 Å². The highest BCUT2D eigenvalue weighted by Gasteiger charge is 2.22. The predicted molar refractivity (Wildman–Crippen MR) is 312 cm³/mol. The standard InChI is InChI=1S/C69H42N6O/c1-3-16-43(17-4-1)44-30-32-45(33-31-44)67-70-68(74-59-26-12-7-20-51(59)52-21-8-13-27-60(52)74)72-69(71-67)75-61-28-14-10-23-54(61)56-42-48(35-38-63(56)75)50-24-15-29-65-66(50)57-41-47(36-39-64(57)76-65)46-34-37-62-55(40-46)53-22-9-11-25-58(53)73(62)49-18-5-2-6-19-49/h1-42H. The van der Waals surface area contributed by atoms with Gasteiger partial charge >= 0.3 is 0 Å². The van der Waals surface area contributed by atoms with Crippen molar-refractivity contribution < 1.29 is 4.42 Å². The van der Waals surface area contributed by atoms with E-state index in [1.165, 1.54) is 21.8 Å². The van der Waals surface area contributed by atoms with Crippen LogP contribution in [-0.4, -0.2) is 28.7 Å². The number of aromatic nitrogens is 6. The molecule has 11 aromatic carbocycles. The third-order valence-corrected chi connectivity index (χ3v) is 15.3. The molecule has 0 unspecified atom stereocenters. The van der Waals surface area contributed by atoms with E-state index in [0.29, 0.717) is 17.7 Å². The number of fused-ring (bicyclic) bond motifs is 12. The summed E-state index contributed by atoms with van der Waals surface area (Å²) >= 11 is 0. The fourth-order valence-corrected chi connectivity index (χ4v) is 11.9. The summed E-state index contributed by atoms with van der Waals surface area (Å²) < 4.78 is 13.4. The molecule has 5 aromatic heterocycles. The molecule has 5 heterocycles. The average molecular weight is 971 g/mol. The first kappa shape index (κ1) is 42.2. The van der Waals surface area contributed by atoms with Gasteiger partial charge in [0.1, 0.15) is 11.2 Å². The highest BCUT2D eigenvalue weighted by atomic mass is 16.3. The fourth-order valence-electron chi connectivity index (χ4n) is 11.9. The molecule has 0 saturated heterocycles. The number of benzene rings is 11. The fraction of sp³-hybridized carbons (Fsp3) is 0. The highest BCUT2D eigenvalue weighted by Crippen LogP contribution is 2.43. The molecule has 0 aliphatic carbocycles. The molecule has 76 heavy (non-hydrogen) atoms. The summed E-state index contributed by atoms with van der Waals surface area (Å²) in [5.41, 5.74) is 16.9. The Morgan fingerprint density at radius 3 is 1.32 bits per heavy atom. The number of para-hydroxylation sites is 5. The van der Waals surface area contributed by atoms with Crippen LogP contribution >= 0.6 is 0 Å². The maximum atomic E-state index is 6.65. The van der Waals surface area contributed by atoms with Crippen LogP contribution < -0.4 is 0 Å². The Labute approximate surface area is 435 Å².